The number of aromatic nitrogens is 1. The fourth-order valence-corrected chi connectivity index (χ4v) is 2.02. The molecule has 0 aliphatic rings. The molecule has 0 radical (unpaired) electrons. The molecule has 1 heterocycles. The summed E-state index contributed by atoms with van der Waals surface area (Å²) in [6, 6.07) is 3.82. The lowest BCUT2D eigenvalue weighted by atomic mass is 10.0. The maximum absolute atomic E-state index is 11.8. The average Bonchev–Trinajstić information content (AvgIpc) is 2.64. The topological polar surface area (TPSA) is 42.2 Å². The van der Waals surface area contributed by atoms with Gasteiger partial charge in [0.1, 0.15) is 0 Å². The highest BCUT2D eigenvalue weighted by Gasteiger charge is 2.21. The maximum atomic E-state index is 11.8. The molecule has 1 N–H and O–H groups in total. The molecule has 3 nitrogen and oxygen atoms in total. The molecule has 0 aliphatic carbocycles. The van der Waals surface area contributed by atoms with Crippen molar-refractivity contribution >= 4 is 21.7 Å². The van der Waals surface area contributed by atoms with Crippen molar-refractivity contribution in [2.75, 3.05) is 6.61 Å². The van der Waals surface area contributed by atoms with Crippen molar-refractivity contribution in [2.24, 2.45) is 0 Å². The monoisotopic (exact) mass is 273 g/mol. The van der Waals surface area contributed by atoms with Gasteiger partial charge in [0.2, 0.25) is 0 Å². The summed E-state index contributed by atoms with van der Waals surface area (Å²) in [6.07, 6.45) is 1.88. The van der Waals surface area contributed by atoms with Crippen LogP contribution in [0.5, 0.6) is 0 Å². The first-order valence-corrected chi connectivity index (χ1v) is 5.93. The Morgan fingerprint density at radius 3 is 2.80 bits per heavy atom. The molecule has 1 aromatic heterocycles. The lowest BCUT2D eigenvalue weighted by Gasteiger charge is -2.15. The molecule has 0 aliphatic heterocycles. The van der Waals surface area contributed by atoms with Crippen LogP contribution in [0.3, 0.4) is 0 Å². The van der Waals surface area contributed by atoms with Gasteiger partial charge in [0.05, 0.1) is 17.4 Å². The minimum Gasteiger partial charge on any atom is -0.395 e. The Kier molecular flexibility index (Phi) is 4.54. The van der Waals surface area contributed by atoms with E-state index in [0.717, 1.165) is 5.69 Å². The maximum Gasteiger partial charge on any atom is 0.154 e. The van der Waals surface area contributed by atoms with Crippen molar-refractivity contribution in [1.82, 2.24) is 4.57 Å². The molecule has 0 fully saturated rings. The van der Waals surface area contributed by atoms with Crippen molar-refractivity contribution in [1.29, 1.82) is 0 Å². The summed E-state index contributed by atoms with van der Waals surface area (Å²) in [7, 11) is 0. The summed E-state index contributed by atoms with van der Waals surface area (Å²) in [5.74, 6) is 0.0221. The van der Waals surface area contributed by atoms with Gasteiger partial charge in [-0.3, -0.25) is 4.79 Å². The highest BCUT2D eigenvalue weighted by Crippen LogP contribution is 2.20. The first-order chi connectivity index (χ1) is 7.07. The number of Topliss-reactive ketones (excluding diaryl/α,β-unsaturated/α-hetero) is 1. The van der Waals surface area contributed by atoms with Crippen molar-refractivity contribution in [3.63, 3.8) is 0 Å². The van der Waals surface area contributed by atoms with E-state index in [4.69, 9.17) is 5.11 Å². The minimum absolute atomic E-state index is 0.0897. The van der Waals surface area contributed by atoms with Gasteiger partial charge in [-0.25, -0.2) is 0 Å². The standard InChI is InChI=1S/C11H16BrNO2/c1-8(11(15)9(2)12)10-4-3-5-13(10)6-7-14/h3-5,8-9,14H,6-7H2,1-2H3. The SMILES string of the molecule is CC(Br)C(=O)C(C)c1cccn1CCO. The zero-order valence-electron chi connectivity index (χ0n) is 8.98. The Hall–Kier alpha value is -0.610. The molecule has 0 aromatic carbocycles. The number of halogens is 1. The average molecular weight is 274 g/mol. The van der Waals surface area contributed by atoms with Crippen LogP contribution in [0.25, 0.3) is 0 Å². The summed E-state index contributed by atoms with van der Waals surface area (Å²) >= 11 is 3.28. The van der Waals surface area contributed by atoms with Crippen molar-refractivity contribution in [3.8, 4) is 0 Å². The van der Waals surface area contributed by atoms with Gasteiger partial charge >= 0.3 is 0 Å². The van der Waals surface area contributed by atoms with E-state index in [1.165, 1.54) is 0 Å². The number of hydrogen-bond acceptors (Lipinski definition) is 2. The number of rotatable bonds is 5. The quantitative estimate of drug-likeness (QED) is 0.834. The number of ketones is 1. The Morgan fingerprint density at radius 2 is 2.27 bits per heavy atom. The lowest BCUT2D eigenvalue weighted by molar-refractivity contribution is -0.119. The van der Waals surface area contributed by atoms with E-state index in [1.54, 1.807) is 0 Å². The molecule has 0 saturated carbocycles. The van der Waals surface area contributed by atoms with E-state index in [1.807, 2.05) is 36.7 Å². The molecule has 4 heteroatoms. The predicted octanol–water partition coefficient (Wildman–Crippen LogP) is 1.94. The third-order valence-electron chi connectivity index (χ3n) is 2.47. The second-order valence-corrected chi connectivity index (χ2v) is 4.96. The van der Waals surface area contributed by atoms with E-state index in [-0.39, 0.29) is 23.1 Å². The summed E-state index contributed by atoms with van der Waals surface area (Å²) in [5.41, 5.74) is 0.959. The molecule has 2 atom stereocenters. The van der Waals surface area contributed by atoms with E-state index >= 15 is 0 Å². The van der Waals surface area contributed by atoms with Gasteiger partial charge in [-0.2, -0.15) is 0 Å². The van der Waals surface area contributed by atoms with E-state index in [9.17, 15) is 4.79 Å². The van der Waals surface area contributed by atoms with Crippen LogP contribution in [0.15, 0.2) is 18.3 Å². The van der Waals surface area contributed by atoms with Crippen LogP contribution in [-0.2, 0) is 11.3 Å². The zero-order chi connectivity index (χ0) is 11.4. The lowest BCUT2D eigenvalue weighted by Crippen LogP contribution is -2.20. The Bertz CT molecular complexity index is 333. The van der Waals surface area contributed by atoms with Gasteiger partial charge in [0.15, 0.2) is 5.78 Å². The van der Waals surface area contributed by atoms with Gasteiger partial charge < -0.3 is 9.67 Å². The van der Waals surface area contributed by atoms with Crippen molar-refractivity contribution in [3.05, 3.63) is 24.0 Å². The third kappa shape index (κ3) is 2.92. The van der Waals surface area contributed by atoms with Crippen LogP contribution in [-0.4, -0.2) is 26.9 Å². The molecular formula is C11H16BrNO2. The molecule has 0 saturated heterocycles. The number of aliphatic hydroxyl groups is 1. The summed E-state index contributed by atoms with van der Waals surface area (Å²) < 4.78 is 1.91. The second kappa shape index (κ2) is 5.47. The number of carbonyl (C=O) groups excluding carboxylic acids is 1. The van der Waals surface area contributed by atoms with Gasteiger partial charge in [-0.05, 0) is 26.0 Å². The predicted molar refractivity (Wildman–Crippen MR) is 63.3 cm³/mol. The highest BCUT2D eigenvalue weighted by molar-refractivity contribution is 9.10. The van der Waals surface area contributed by atoms with Crippen LogP contribution in [0.1, 0.15) is 25.5 Å². The fourth-order valence-electron chi connectivity index (χ4n) is 1.62. The molecule has 0 bridgehead atoms. The normalized spacial score (nSPS) is 14.9. The summed E-state index contributed by atoms with van der Waals surface area (Å²) in [5, 5.41) is 8.88. The summed E-state index contributed by atoms with van der Waals surface area (Å²) in [6.45, 7) is 4.35. The molecule has 15 heavy (non-hydrogen) atoms. The first kappa shape index (κ1) is 12.5. The largest absolute Gasteiger partial charge is 0.395 e. The Morgan fingerprint density at radius 1 is 1.60 bits per heavy atom. The number of alkyl halides is 1. The molecule has 1 aromatic rings. The van der Waals surface area contributed by atoms with Crippen LogP contribution in [0.2, 0.25) is 0 Å². The van der Waals surface area contributed by atoms with Crippen LogP contribution < -0.4 is 0 Å². The molecular weight excluding hydrogens is 258 g/mol. The molecule has 1 rings (SSSR count). The van der Waals surface area contributed by atoms with Gasteiger partial charge in [-0.1, -0.05) is 15.9 Å². The van der Waals surface area contributed by atoms with E-state index < -0.39 is 0 Å². The number of nitrogens with zero attached hydrogens (tertiary/aromatic N) is 1. The van der Waals surface area contributed by atoms with Crippen LogP contribution >= 0.6 is 15.9 Å². The molecule has 84 valence electrons. The zero-order valence-corrected chi connectivity index (χ0v) is 10.6. The Balaban J connectivity index is 2.85. The van der Waals surface area contributed by atoms with Gasteiger partial charge in [-0.15, -0.1) is 0 Å². The van der Waals surface area contributed by atoms with E-state index in [2.05, 4.69) is 15.9 Å². The minimum atomic E-state index is -0.138. The molecule has 2 unspecified atom stereocenters. The number of hydrogen-bond donors (Lipinski definition) is 1. The summed E-state index contributed by atoms with van der Waals surface area (Å²) in [4.78, 5) is 11.6. The van der Waals surface area contributed by atoms with Crippen LogP contribution in [0, 0.1) is 0 Å². The van der Waals surface area contributed by atoms with Crippen molar-refractivity contribution < 1.29 is 9.90 Å². The number of aliphatic hydroxyl groups excluding tert-OH is 1. The van der Waals surface area contributed by atoms with E-state index in [0.29, 0.717) is 6.54 Å². The van der Waals surface area contributed by atoms with Gasteiger partial charge in [0, 0.05) is 18.4 Å². The smallest absolute Gasteiger partial charge is 0.154 e. The first-order valence-electron chi connectivity index (χ1n) is 5.01. The molecule has 0 spiro atoms. The third-order valence-corrected chi connectivity index (χ3v) is 2.92. The molecule has 0 amide bonds. The second-order valence-electron chi connectivity index (χ2n) is 3.59. The Labute approximate surface area is 98.2 Å². The van der Waals surface area contributed by atoms with Crippen LogP contribution in [0.4, 0.5) is 0 Å². The highest BCUT2D eigenvalue weighted by atomic mass is 79.9. The van der Waals surface area contributed by atoms with Gasteiger partial charge in [0.25, 0.3) is 0 Å². The fraction of sp³-hybridized carbons (Fsp3) is 0.545. The van der Waals surface area contributed by atoms with Crippen molar-refractivity contribution in [2.45, 2.75) is 31.1 Å². The number of carbonyl (C=O) groups is 1.